The molecule has 2 saturated carbocycles. The van der Waals surface area contributed by atoms with Crippen molar-refractivity contribution in [2.75, 3.05) is 6.61 Å². The van der Waals surface area contributed by atoms with Crippen molar-refractivity contribution >= 4 is 22.7 Å². The smallest absolute Gasteiger partial charge is 0.361 e. The van der Waals surface area contributed by atoms with Gasteiger partial charge in [-0.1, -0.05) is 50.2 Å². The Morgan fingerprint density at radius 3 is 2.72 bits per heavy atom. The van der Waals surface area contributed by atoms with E-state index < -0.39 is 41.7 Å². The summed E-state index contributed by atoms with van der Waals surface area (Å²) in [6.45, 7) is 7.38. The van der Waals surface area contributed by atoms with Crippen LogP contribution in [0.15, 0.2) is 52.1 Å². The molecule has 4 aliphatic carbocycles. The Morgan fingerprint density at radius 1 is 1.28 bits per heavy atom. The van der Waals surface area contributed by atoms with Crippen LogP contribution in [-0.4, -0.2) is 56.6 Å². The molecule has 1 aromatic carbocycles. The third-order valence-electron chi connectivity index (χ3n) is 9.69. The zero-order valence-corrected chi connectivity index (χ0v) is 20.8. The Balaban J connectivity index is 1.47. The van der Waals surface area contributed by atoms with E-state index in [9.17, 15) is 24.9 Å². The molecule has 4 aliphatic rings. The Labute approximate surface area is 208 Å². The minimum absolute atomic E-state index is 0.0508. The van der Waals surface area contributed by atoms with Crippen LogP contribution in [0, 0.1) is 34.5 Å². The molecule has 2 aromatic rings. The Morgan fingerprint density at radius 2 is 2.00 bits per heavy atom. The number of hydrogen-bond donors (Lipinski definition) is 3. The normalized spacial score (nSPS) is 40.5. The number of aliphatic hydroxyl groups excluding tert-OH is 2. The lowest BCUT2D eigenvalue weighted by Gasteiger charge is -2.48. The number of hydrogen-bond acceptors (Lipinski definition) is 8. The third kappa shape index (κ3) is 2.67. The quantitative estimate of drug-likeness (QED) is 0.440. The van der Waals surface area contributed by atoms with E-state index in [4.69, 9.17) is 9.26 Å². The predicted octanol–water partition coefficient (Wildman–Crippen LogP) is 2.82. The van der Waals surface area contributed by atoms with Gasteiger partial charge in [0.2, 0.25) is 0 Å². The van der Waals surface area contributed by atoms with Gasteiger partial charge in [0, 0.05) is 5.92 Å². The largest absolute Gasteiger partial charge is 0.450 e. The molecule has 1 heterocycles. The summed E-state index contributed by atoms with van der Waals surface area (Å²) in [5.41, 5.74) is -2.71. The summed E-state index contributed by atoms with van der Waals surface area (Å²) in [6.07, 6.45) is 1.12. The van der Waals surface area contributed by atoms with Crippen molar-refractivity contribution in [1.29, 1.82) is 0 Å². The molecule has 6 rings (SSSR count). The fourth-order valence-corrected chi connectivity index (χ4v) is 7.79. The minimum Gasteiger partial charge on any atom is -0.450 e. The van der Waals surface area contributed by atoms with E-state index in [2.05, 4.69) is 19.0 Å². The van der Waals surface area contributed by atoms with Gasteiger partial charge in [0.15, 0.2) is 28.8 Å². The average molecular weight is 494 g/mol. The Bertz CT molecular complexity index is 1350. The fourth-order valence-electron chi connectivity index (χ4n) is 7.79. The van der Waals surface area contributed by atoms with Gasteiger partial charge < -0.3 is 24.6 Å². The molecule has 0 saturated heterocycles. The standard InChI is InChI=1S/C28H31NO7/c1-13-11-27-14(2)9-18-20(26(18,3)4)17(23(27)32)10-15(12-30)22(31)28(27,34)24(13)35-25(33)21-16-7-5-6-8-19(16)36-29-21/h5-8,10-11,14,17-18,20,22,24,30-31,34H,9,12H2,1-4H3/t14-,17+,18-,20+,22-,24+,27+,28+/m1/s1. The summed E-state index contributed by atoms with van der Waals surface area (Å²) >= 11 is 0. The lowest BCUT2D eigenvalue weighted by atomic mass is 9.59. The number of para-hydroxylation sites is 1. The van der Waals surface area contributed by atoms with Crippen LogP contribution in [0.5, 0.6) is 0 Å². The number of aromatic nitrogens is 1. The fraction of sp³-hybridized carbons (Fsp3) is 0.536. The molecule has 1 spiro atoms. The second kappa shape index (κ2) is 7.37. The number of rotatable bonds is 3. The summed E-state index contributed by atoms with van der Waals surface area (Å²) in [6, 6.07) is 6.85. The lowest BCUT2D eigenvalue weighted by Crippen LogP contribution is -2.65. The number of ketones is 1. The number of Topliss-reactive ketones (excluding diaryl/α,β-unsaturated/α-hetero) is 1. The summed E-state index contributed by atoms with van der Waals surface area (Å²) < 4.78 is 11.1. The van der Waals surface area contributed by atoms with Crippen LogP contribution in [0.2, 0.25) is 0 Å². The number of allylic oxidation sites excluding steroid dienone is 1. The SMILES string of the molecule is CC1=C[C@]23C(=O)[C@@H](C=C(CO)[C@@H](O)[C@]2(O)[C@H]1OC(=O)c1noc2ccccc12)[C@H]1[C@@H](C[C@H]3C)C1(C)C. The van der Waals surface area contributed by atoms with E-state index in [1.54, 1.807) is 43.3 Å². The Hall–Kier alpha value is -2.81. The summed E-state index contributed by atoms with van der Waals surface area (Å²) in [7, 11) is 0. The molecule has 190 valence electrons. The number of carbonyl (C=O) groups is 2. The highest BCUT2D eigenvalue weighted by Gasteiger charge is 2.76. The van der Waals surface area contributed by atoms with Crippen molar-refractivity contribution in [3.8, 4) is 0 Å². The molecular weight excluding hydrogens is 462 g/mol. The number of fused-ring (bicyclic) bond motifs is 4. The van der Waals surface area contributed by atoms with Gasteiger partial charge in [-0.3, -0.25) is 4.79 Å². The lowest BCUT2D eigenvalue weighted by molar-refractivity contribution is -0.190. The maximum atomic E-state index is 14.4. The van der Waals surface area contributed by atoms with Gasteiger partial charge in [0.1, 0.15) is 6.10 Å². The van der Waals surface area contributed by atoms with Gasteiger partial charge in [0.25, 0.3) is 0 Å². The molecule has 8 atom stereocenters. The molecule has 8 heteroatoms. The topological polar surface area (TPSA) is 130 Å². The van der Waals surface area contributed by atoms with Crippen LogP contribution in [0.4, 0.5) is 0 Å². The number of aliphatic hydroxyl groups is 3. The molecule has 2 fully saturated rings. The van der Waals surface area contributed by atoms with Crippen LogP contribution in [0.3, 0.4) is 0 Å². The number of nitrogens with zero attached hydrogens (tertiary/aromatic N) is 1. The molecular formula is C28H31NO7. The maximum Gasteiger partial charge on any atom is 0.361 e. The zero-order valence-electron chi connectivity index (χ0n) is 20.8. The van der Waals surface area contributed by atoms with Gasteiger partial charge in [-0.25, -0.2) is 4.79 Å². The van der Waals surface area contributed by atoms with E-state index >= 15 is 0 Å². The molecule has 0 aliphatic heterocycles. The second-order valence-electron chi connectivity index (χ2n) is 11.7. The summed E-state index contributed by atoms with van der Waals surface area (Å²) in [5, 5.41) is 38.6. The number of benzene rings is 1. The summed E-state index contributed by atoms with van der Waals surface area (Å²) in [5.74, 6) is -1.58. The maximum absolute atomic E-state index is 14.4. The Kier molecular flexibility index (Phi) is 4.83. The van der Waals surface area contributed by atoms with Gasteiger partial charge in [-0.2, -0.15) is 0 Å². The van der Waals surface area contributed by atoms with Crippen LogP contribution in [-0.2, 0) is 9.53 Å². The highest BCUT2D eigenvalue weighted by molar-refractivity contribution is 6.01. The first-order valence-electron chi connectivity index (χ1n) is 12.5. The van der Waals surface area contributed by atoms with Crippen molar-refractivity contribution in [3.05, 3.63) is 53.3 Å². The number of carbonyl (C=O) groups excluding carboxylic acids is 2. The first-order chi connectivity index (χ1) is 17.0. The molecule has 36 heavy (non-hydrogen) atoms. The van der Waals surface area contributed by atoms with Crippen LogP contribution in [0.25, 0.3) is 11.0 Å². The highest BCUT2D eigenvalue weighted by atomic mass is 16.6. The van der Waals surface area contributed by atoms with E-state index in [0.717, 1.165) is 0 Å². The first-order valence-corrected chi connectivity index (χ1v) is 12.5. The van der Waals surface area contributed by atoms with E-state index in [1.165, 1.54) is 0 Å². The number of ether oxygens (including phenoxy) is 1. The first kappa shape index (κ1) is 23.6. The van der Waals surface area contributed by atoms with Crippen molar-refractivity contribution in [2.45, 2.75) is 51.9 Å². The van der Waals surface area contributed by atoms with E-state index in [-0.39, 0.29) is 40.2 Å². The van der Waals surface area contributed by atoms with Crippen molar-refractivity contribution < 1.29 is 34.2 Å². The molecule has 3 N–H and O–H groups in total. The monoisotopic (exact) mass is 493 g/mol. The van der Waals surface area contributed by atoms with Crippen LogP contribution in [0.1, 0.15) is 44.6 Å². The zero-order chi connectivity index (χ0) is 25.8. The highest BCUT2D eigenvalue weighted by Crippen LogP contribution is 2.71. The molecule has 0 unspecified atom stereocenters. The predicted molar refractivity (Wildman–Crippen MR) is 129 cm³/mol. The molecule has 0 amide bonds. The third-order valence-corrected chi connectivity index (χ3v) is 9.69. The van der Waals surface area contributed by atoms with Crippen molar-refractivity contribution in [2.24, 2.45) is 34.5 Å². The van der Waals surface area contributed by atoms with Gasteiger partial charge in [-0.15, -0.1) is 0 Å². The van der Waals surface area contributed by atoms with E-state index in [1.807, 2.05) is 6.92 Å². The molecule has 1 aromatic heterocycles. The van der Waals surface area contributed by atoms with Crippen molar-refractivity contribution in [1.82, 2.24) is 5.16 Å². The summed E-state index contributed by atoms with van der Waals surface area (Å²) in [4.78, 5) is 27.7. The van der Waals surface area contributed by atoms with E-state index in [0.29, 0.717) is 23.0 Å². The van der Waals surface area contributed by atoms with Crippen LogP contribution < -0.4 is 0 Å². The molecule has 0 radical (unpaired) electrons. The van der Waals surface area contributed by atoms with Gasteiger partial charge >= 0.3 is 5.97 Å². The molecule has 8 nitrogen and oxygen atoms in total. The average Bonchev–Trinajstić information content (AvgIpc) is 3.14. The van der Waals surface area contributed by atoms with Crippen LogP contribution >= 0.6 is 0 Å². The van der Waals surface area contributed by atoms with Gasteiger partial charge in [-0.05, 0) is 59.8 Å². The van der Waals surface area contributed by atoms with Gasteiger partial charge in [0.05, 0.1) is 17.4 Å². The second-order valence-corrected chi connectivity index (χ2v) is 11.7. The number of esters is 1. The van der Waals surface area contributed by atoms with Crippen molar-refractivity contribution in [3.63, 3.8) is 0 Å². The minimum atomic E-state index is -2.19. The molecule has 2 bridgehead atoms.